The van der Waals surface area contributed by atoms with Gasteiger partial charge in [-0.15, -0.1) is 11.3 Å². The summed E-state index contributed by atoms with van der Waals surface area (Å²) in [6.07, 6.45) is 0. The van der Waals surface area contributed by atoms with Crippen LogP contribution < -0.4 is 0 Å². The minimum atomic E-state index is -0.625. The van der Waals surface area contributed by atoms with Crippen molar-refractivity contribution < 1.29 is 14.1 Å². The third-order valence-electron chi connectivity index (χ3n) is 1.53. The van der Waals surface area contributed by atoms with Gasteiger partial charge in [0.25, 0.3) is 0 Å². The molecule has 0 aliphatic rings. The second-order valence-electron chi connectivity index (χ2n) is 2.39. The van der Waals surface area contributed by atoms with Crippen molar-refractivity contribution in [3.05, 3.63) is 23.4 Å². The van der Waals surface area contributed by atoms with E-state index in [9.17, 15) is 4.79 Å². The second kappa shape index (κ2) is 3.59. The first-order chi connectivity index (χ1) is 6.81. The minimum absolute atomic E-state index is 0.129. The number of carbonyl (C=O) groups excluding carboxylic acids is 1. The van der Waals surface area contributed by atoms with Crippen LogP contribution in [0.5, 0.6) is 0 Å². The molecule has 5 nitrogen and oxygen atoms in total. The van der Waals surface area contributed by atoms with Gasteiger partial charge in [0.05, 0.1) is 12.0 Å². The molecule has 0 unspecified atom stereocenters. The Bertz CT molecular complexity index is 435. The van der Waals surface area contributed by atoms with Crippen molar-refractivity contribution in [2.45, 2.75) is 0 Å². The fraction of sp³-hybridized carbons (Fsp3) is 0.125. The van der Waals surface area contributed by atoms with E-state index >= 15 is 0 Å². The summed E-state index contributed by atoms with van der Waals surface area (Å²) in [5, 5.41) is 5.54. The zero-order valence-electron chi connectivity index (χ0n) is 7.26. The molecule has 0 spiro atoms. The van der Waals surface area contributed by atoms with Crippen molar-refractivity contribution in [2.75, 3.05) is 7.11 Å². The summed E-state index contributed by atoms with van der Waals surface area (Å²) in [7, 11) is 1.26. The average Bonchev–Trinajstić information content (AvgIpc) is 2.86. The maximum atomic E-state index is 11.0. The molecule has 2 rings (SSSR count). The molecule has 14 heavy (non-hydrogen) atoms. The van der Waals surface area contributed by atoms with E-state index in [4.69, 9.17) is 4.52 Å². The summed E-state index contributed by atoms with van der Waals surface area (Å²) in [5.41, 5.74) is 0. The van der Waals surface area contributed by atoms with E-state index in [1.54, 1.807) is 0 Å². The maximum Gasteiger partial charge on any atom is 0.397 e. The maximum absolute atomic E-state index is 11.0. The van der Waals surface area contributed by atoms with E-state index in [0.717, 1.165) is 4.88 Å². The predicted octanol–water partition coefficient (Wildman–Crippen LogP) is 1.58. The molecule has 72 valence electrons. The molecule has 2 aromatic heterocycles. The monoisotopic (exact) mass is 210 g/mol. The lowest BCUT2D eigenvalue weighted by Gasteiger charge is -1.87. The first kappa shape index (κ1) is 8.89. The first-order valence-electron chi connectivity index (χ1n) is 3.77. The summed E-state index contributed by atoms with van der Waals surface area (Å²) in [4.78, 5) is 15.7. The number of hydrogen-bond acceptors (Lipinski definition) is 6. The zero-order valence-corrected chi connectivity index (χ0v) is 8.08. The average molecular weight is 210 g/mol. The van der Waals surface area contributed by atoms with Crippen LogP contribution >= 0.6 is 11.3 Å². The molecule has 6 heteroatoms. The highest BCUT2D eigenvalue weighted by Gasteiger charge is 2.16. The zero-order chi connectivity index (χ0) is 9.97. The number of carbonyl (C=O) groups is 1. The number of methoxy groups -OCH3 is 1. The molecule has 2 heterocycles. The molecular weight excluding hydrogens is 204 g/mol. The first-order valence-corrected chi connectivity index (χ1v) is 4.65. The van der Waals surface area contributed by atoms with Crippen LogP contribution in [0, 0.1) is 0 Å². The molecule has 0 bridgehead atoms. The van der Waals surface area contributed by atoms with Crippen LogP contribution in [0.4, 0.5) is 0 Å². The summed E-state index contributed by atoms with van der Waals surface area (Å²) < 4.78 is 9.15. The predicted molar refractivity (Wildman–Crippen MR) is 49.0 cm³/mol. The van der Waals surface area contributed by atoms with E-state index in [1.807, 2.05) is 17.5 Å². The fourth-order valence-corrected chi connectivity index (χ4v) is 1.55. The molecule has 0 saturated heterocycles. The molecular formula is C8H6N2O3S. The number of aromatic nitrogens is 2. The molecule has 0 amide bonds. The molecule has 0 saturated carbocycles. The normalized spacial score (nSPS) is 10.1. The van der Waals surface area contributed by atoms with Gasteiger partial charge in [-0.3, -0.25) is 0 Å². The Kier molecular flexibility index (Phi) is 2.28. The topological polar surface area (TPSA) is 65.2 Å². The van der Waals surface area contributed by atoms with Crippen LogP contribution in [0.25, 0.3) is 10.7 Å². The Morgan fingerprint density at radius 1 is 1.64 bits per heavy atom. The van der Waals surface area contributed by atoms with Crippen LogP contribution in [0.15, 0.2) is 22.0 Å². The standard InChI is InChI=1S/C8H6N2O3S/c1-12-8(11)7-9-6(10-13-7)5-3-2-4-14-5/h2-4H,1H3. The van der Waals surface area contributed by atoms with E-state index in [0.29, 0.717) is 5.82 Å². The van der Waals surface area contributed by atoms with Gasteiger partial charge in [0.2, 0.25) is 5.82 Å². The van der Waals surface area contributed by atoms with E-state index in [2.05, 4.69) is 14.9 Å². The Hall–Kier alpha value is -1.69. The molecule has 0 atom stereocenters. The molecule has 0 N–H and O–H groups in total. The van der Waals surface area contributed by atoms with Gasteiger partial charge in [-0.1, -0.05) is 11.2 Å². The molecule has 0 radical (unpaired) electrons. The largest absolute Gasteiger partial charge is 0.462 e. The molecule has 0 fully saturated rings. The lowest BCUT2D eigenvalue weighted by atomic mass is 10.4. The highest BCUT2D eigenvalue weighted by Crippen LogP contribution is 2.21. The van der Waals surface area contributed by atoms with E-state index < -0.39 is 5.97 Å². The third kappa shape index (κ3) is 1.51. The van der Waals surface area contributed by atoms with Crippen LogP contribution in [0.2, 0.25) is 0 Å². The minimum Gasteiger partial charge on any atom is -0.462 e. The number of thiophene rings is 1. The van der Waals surface area contributed by atoms with Crippen molar-refractivity contribution in [3.63, 3.8) is 0 Å². The molecule has 2 aromatic rings. The van der Waals surface area contributed by atoms with Gasteiger partial charge >= 0.3 is 11.9 Å². The Morgan fingerprint density at radius 2 is 2.50 bits per heavy atom. The highest BCUT2D eigenvalue weighted by molar-refractivity contribution is 7.13. The van der Waals surface area contributed by atoms with E-state index in [1.165, 1.54) is 18.4 Å². The molecule has 0 aliphatic heterocycles. The smallest absolute Gasteiger partial charge is 0.397 e. The number of rotatable bonds is 2. The van der Waals surface area contributed by atoms with Crippen LogP contribution in [0.3, 0.4) is 0 Å². The van der Waals surface area contributed by atoms with Crippen molar-refractivity contribution >= 4 is 17.3 Å². The summed E-state index contributed by atoms with van der Waals surface area (Å²) in [6, 6.07) is 3.71. The third-order valence-corrected chi connectivity index (χ3v) is 2.39. The SMILES string of the molecule is COC(=O)c1nc(-c2cccs2)no1. The van der Waals surface area contributed by atoms with Crippen LogP contribution in [-0.4, -0.2) is 23.2 Å². The van der Waals surface area contributed by atoms with Gasteiger partial charge in [-0.2, -0.15) is 4.98 Å². The fourth-order valence-electron chi connectivity index (χ4n) is 0.900. The molecule has 0 aromatic carbocycles. The summed E-state index contributed by atoms with van der Waals surface area (Å²) in [5.74, 6) is -0.350. The van der Waals surface area contributed by atoms with Gasteiger partial charge in [-0.25, -0.2) is 4.79 Å². The van der Waals surface area contributed by atoms with Gasteiger partial charge in [0, 0.05) is 0 Å². The van der Waals surface area contributed by atoms with E-state index in [-0.39, 0.29) is 5.89 Å². The second-order valence-corrected chi connectivity index (χ2v) is 3.34. The Morgan fingerprint density at radius 3 is 3.14 bits per heavy atom. The van der Waals surface area contributed by atoms with Crippen molar-refractivity contribution in [3.8, 4) is 10.7 Å². The molecule has 0 aliphatic carbocycles. The van der Waals surface area contributed by atoms with Gasteiger partial charge < -0.3 is 9.26 Å². The quantitative estimate of drug-likeness (QED) is 0.704. The van der Waals surface area contributed by atoms with Gasteiger partial charge in [0.1, 0.15) is 0 Å². The summed E-state index contributed by atoms with van der Waals surface area (Å²) in [6.45, 7) is 0. The van der Waals surface area contributed by atoms with Crippen molar-refractivity contribution in [1.29, 1.82) is 0 Å². The Balaban J connectivity index is 2.31. The van der Waals surface area contributed by atoms with Gasteiger partial charge in [0.15, 0.2) is 0 Å². The lowest BCUT2D eigenvalue weighted by Crippen LogP contribution is -2.00. The lowest BCUT2D eigenvalue weighted by molar-refractivity contribution is 0.0545. The van der Waals surface area contributed by atoms with Gasteiger partial charge in [-0.05, 0) is 11.4 Å². The number of ether oxygens (including phenoxy) is 1. The number of nitrogens with zero attached hydrogens (tertiary/aromatic N) is 2. The Labute approximate surface area is 83.3 Å². The van der Waals surface area contributed by atoms with Crippen LogP contribution in [0.1, 0.15) is 10.7 Å². The summed E-state index contributed by atoms with van der Waals surface area (Å²) >= 11 is 1.47. The number of esters is 1. The van der Waals surface area contributed by atoms with Crippen molar-refractivity contribution in [2.24, 2.45) is 0 Å². The van der Waals surface area contributed by atoms with Crippen LogP contribution in [-0.2, 0) is 4.74 Å². The number of hydrogen-bond donors (Lipinski definition) is 0. The van der Waals surface area contributed by atoms with Crippen molar-refractivity contribution in [1.82, 2.24) is 10.1 Å². The highest BCUT2D eigenvalue weighted by atomic mass is 32.1.